The van der Waals surface area contributed by atoms with Crippen LogP contribution in [0.15, 0.2) is 0 Å². The molecule has 2 N–H and O–H groups in total. The van der Waals surface area contributed by atoms with E-state index in [2.05, 4.69) is 17.2 Å². The van der Waals surface area contributed by atoms with Gasteiger partial charge in [0.2, 0.25) is 0 Å². The number of aryl methyl sites for hydroxylation is 2. The molecule has 1 rings (SSSR count). The number of nitrogens with zero attached hydrogens (tertiary/aromatic N) is 1. The van der Waals surface area contributed by atoms with Crippen molar-refractivity contribution in [3.05, 3.63) is 15.6 Å². The van der Waals surface area contributed by atoms with Crippen molar-refractivity contribution < 1.29 is 9.84 Å². The molecule has 0 saturated heterocycles. The Labute approximate surface area is 107 Å². The maximum atomic E-state index is 10.2. The molecule has 0 amide bonds. The molecule has 0 radical (unpaired) electrons. The summed E-state index contributed by atoms with van der Waals surface area (Å²) in [5.74, 6) is 0. The van der Waals surface area contributed by atoms with Crippen LogP contribution in [0.2, 0.25) is 0 Å². The van der Waals surface area contributed by atoms with Gasteiger partial charge in [0.15, 0.2) is 0 Å². The Morgan fingerprint density at radius 2 is 2.18 bits per heavy atom. The molecule has 0 aliphatic rings. The van der Waals surface area contributed by atoms with Gasteiger partial charge in [-0.15, -0.1) is 11.3 Å². The summed E-state index contributed by atoms with van der Waals surface area (Å²) in [6, 6.07) is 0. The summed E-state index contributed by atoms with van der Waals surface area (Å²) in [6.45, 7) is 7.85. The van der Waals surface area contributed by atoms with Gasteiger partial charge in [-0.25, -0.2) is 4.98 Å². The fourth-order valence-electron chi connectivity index (χ4n) is 1.53. The third kappa shape index (κ3) is 5.12. The highest BCUT2D eigenvalue weighted by atomic mass is 32.1. The van der Waals surface area contributed by atoms with Crippen molar-refractivity contribution >= 4 is 11.3 Å². The zero-order valence-corrected chi connectivity index (χ0v) is 11.9. The lowest BCUT2D eigenvalue weighted by molar-refractivity contribution is 0.0581. The molecule has 5 heteroatoms. The molecule has 0 aliphatic heterocycles. The van der Waals surface area contributed by atoms with E-state index in [0.717, 1.165) is 17.2 Å². The van der Waals surface area contributed by atoms with Gasteiger partial charge in [-0.2, -0.15) is 0 Å². The molecule has 1 unspecified atom stereocenters. The fraction of sp³-hybridized carbons (Fsp3) is 0.750. The normalized spacial score (nSPS) is 14.9. The van der Waals surface area contributed by atoms with Crippen LogP contribution in [-0.2, 0) is 11.2 Å². The van der Waals surface area contributed by atoms with E-state index < -0.39 is 5.60 Å². The lowest BCUT2D eigenvalue weighted by Gasteiger charge is -2.22. The van der Waals surface area contributed by atoms with Gasteiger partial charge < -0.3 is 15.2 Å². The van der Waals surface area contributed by atoms with Crippen molar-refractivity contribution in [2.75, 3.05) is 26.8 Å². The number of aliphatic hydroxyl groups is 1. The van der Waals surface area contributed by atoms with Gasteiger partial charge in [0.25, 0.3) is 0 Å². The first-order chi connectivity index (χ1) is 7.94. The van der Waals surface area contributed by atoms with Crippen LogP contribution in [0.1, 0.15) is 22.5 Å². The van der Waals surface area contributed by atoms with Gasteiger partial charge in [0.1, 0.15) is 0 Å². The molecule has 1 heterocycles. The Kier molecular flexibility index (Phi) is 5.52. The standard InChI is InChI=1S/C12H22N2O2S/c1-9-10(2)17-11(14-9)7-12(3,15)8-13-5-6-16-4/h13,15H,5-8H2,1-4H3. The maximum Gasteiger partial charge on any atom is 0.0959 e. The molecule has 0 bridgehead atoms. The van der Waals surface area contributed by atoms with Crippen molar-refractivity contribution in [3.8, 4) is 0 Å². The minimum absolute atomic E-state index is 0.550. The molecule has 17 heavy (non-hydrogen) atoms. The average molecular weight is 258 g/mol. The predicted molar refractivity (Wildman–Crippen MR) is 70.7 cm³/mol. The molecule has 0 fully saturated rings. The molecule has 1 aromatic rings. The summed E-state index contributed by atoms with van der Waals surface area (Å²) in [7, 11) is 1.67. The zero-order valence-electron chi connectivity index (χ0n) is 11.0. The van der Waals surface area contributed by atoms with E-state index in [4.69, 9.17) is 4.74 Å². The van der Waals surface area contributed by atoms with Crippen molar-refractivity contribution in [3.63, 3.8) is 0 Å². The van der Waals surface area contributed by atoms with Crippen LogP contribution in [0.5, 0.6) is 0 Å². The quantitative estimate of drug-likeness (QED) is 0.724. The van der Waals surface area contributed by atoms with E-state index in [9.17, 15) is 5.11 Å². The summed E-state index contributed by atoms with van der Waals surface area (Å²) in [6.07, 6.45) is 0.590. The predicted octanol–water partition coefficient (Wildman–Crippen LogP) is 1.29. The first kappa shape index (κ1) is 14.6. The van der Waals surface area contributed by atoms with E-state index in [1.807, 2.05) is 13.8 Å². The molecule has 1 atom stereocenters. The highest BCUT2D eigenvalue weighted by Crippen LogP contribution is 2.20. The second-order valence-electron chi connectivity index (χ2n) is 4.59. The number of thiazole rings is 1. The van der Waals surface area contributed by atoms with Crippen molar-refractivity contribution in [1.82, 2.24) is 10.3 Å². The minimum Gasteiger partial charge on any atom is -0.388 e. The maximum absolute atomic E-state index is 10.2. The van der Waals surface area contributed by atoms with E-state index in [-0.39, 0.29) is 0 Å². The number of ether oxygens (including phenoxy) is 1. The van der Waals surface area contributed by atoms with Crippen LogP contribution in [0.25, 0.3) is 0 Å². The molecule has 1 aromatic heterocycles. The third-order valence-corrected chi connectivity index (χ3v) is 3.67. The van der Waals surface area contributed by atoms with Crippen molar-refractivity contribution in [1.29, 1.82) is 0 Å². The topological polar surface area (TPSA) is 54.4 Å². The first-order valence-electron chi connectivity index (χ1n) is 5.79. The molecule has 0 aromatic carbocycles. The third-order valence-electron chi connectivity index (χ3n) is 2.59. The Bertz CT molecular complexity index is 331. The number of aromatic nitrogens is 1. The van der Waals surface area contributed by atoms with Crippen LogP contribution in [0.4, 0.5) is 0 Å². The van der Waals surface area contributed by atoms with Crippen LogP contribution in [0, 0.1) is 13.8 Å². The Morgan fingerprint density at radius 1 is 1.47 bits per heavy atom. The van der Waals surface area contributed by atoms with E-state index in [1.165, 1.54) is 4.88 Å². The lowest BCUT2D eigenvalue weighted by atomic mass is 10.0. The minimum atomic E-state index is -0.759. The van der Waals surface area contributed by atoms with Gasteiger partial charge in [0, 0.05) is 31.5 Å². The smallest absolute Gasteiger partial charge is 0.0959 e. The van der Waals surface area contributed by atoms with Gasteiger partial charge in [-0.3, -0.25) is 0 Å². The number of nitrogens with one attached hydrogen (secondary N) is 1. The van der Waals surface area contributed by atoms with Crippen LogP contribution < -0.4 is 5.32 Å². The molecule has 0 aliphatic carbocycles. The van der Waals surface area contributed by atoms with E-state index >= 15 is 0 Å². The molecular weight excluding hydrogens is 236 g/mol. The summed E-state index contributed by atoms with van der Waals surface area (Å²) in [4.78, 5) is 5.67. The summed E-state index contributed by atoms with van der Waals surface area (Å²) in [5, 5.41) is 14.4. The number of hydrogen-bond acceptors (Lipinski definition) is 5. The Balaban J connectivity index is 2.42. The Hall–Kier alpha value is -0.490. The number of hydrogen-bond donors (Lipinski definition) is 2. The van der Waals surface area contributed by atoms with Crippen LogP contribution in [0.3, 0.4) is 0 Å². The lowest BCUT2D eigenvalue weighted by Crippen LogP contribution is -2.40. The van der Waals surface area contributed by atoms with Gasteiger partial charge in [-0.05, 0) is 20.8 Å². The molecule has 0 spiro atoms. The van der Waals surface area contributed by atoms with E-state index in [0.29, 0.717) is 19.6 Å². The van der Waals surface area contributed by atoms with Crippen LogP contribution >= 0.6 is 11.3 Å². The molecule has 98 valence electrons. The SMILES string of the molecule is COCCNCC(C)(O)Cc1nc(C)c(C)s1. The second kappa shape index (κ2) is 6.44. The zero-order chi connectivity index (χ0) is 12.9. The summed E-state index contributed by atoms with van der Waals surface area (Å²) in [5.41, 5.74) is 0.304. The highest BCUT2D eigenvalue weighted by Gasteiger charge is 2.22. The highest BCUT2D eigenvalue weighted by molar-refractivity contribution is 7.11. The summed E-state index contributed by atoms with van der Waals surface area (Å²) < 4.78 is 4.94. The van der Waals surface area contributed by atoms with Gasteiger partial charge in [-0.1, -0.05) is 0 Å². The van der Waals surface area contributed by atoms with Gasteiger partial charge >= 0.3 is 0 Å². The van der Waals surface area contributed by atoms with Gasteiger partial charge in [0.05, 0.1) is 22.9 Å². The van der Waals surface area contributed by atoms with Crippen LogP contribution in [-0.4, -0.2) is 42.5 Å². The monoisotopic (exact) mass is 258 g/mol. The number of rotatable bonds is 7. The van der Waals surface area contributed by atoms with E-state index in [1.54, 1.807) is 18.4 Å². The Morgan fingerprint density at radius 3 is 2.71 bits per heavy atom. The number of methoxy groups -OCH3 is 1. The second-order valence-corrected chi connectivity index (χ2v) is 5.88. The van der Waals surface area contributed by atoms with Crippen molar-refractivity contribution in [2.45, 2.75) is 32.8 Å². The summed E-state index contributed by atoms with van der Waals surface area (Å²) >= 11 is 1.66. The largest absolute Gasteiger partial charge is 0.388 e. The average Bonchev–Trinajstić information content (AvgIpc) is 2.52. The molecular formula is C12H22N2O2S. The fourth-order valence-corrected chi connectivity index (χ4v) is 2.65. The van der Waals surface area contributed by atoms with Crippen molar-refractivity contribution in [2.24, 2.45) is 0 Å². The molecule has 4 nitrogen and oxygen atoms in total. The molecule has 0 saturated carbocycles. The first-order valence-corrected chi connectivity index (χ1v) is 6.61.